The number of aromatic hydroxyl groups is 1. The highest BCUT2D eigenvalue weighted by Gasteiger charge is 2.90. The van der Waals surface area contributed by atoms with Gasteiger partial charge in [0, 0.05) is 11.0 Å². The van der Waals surface area contributed by atoms with Crippen molar-refractivity contribution in [2.24, 2.45) is 21.7 Å². The van der Waals surface area contributed by atoms with E-state index in [9.17, 15) is 5.11 Å². The van der Waals surface area contributed by atoms with Crippen LogP contribution in [0.1, 0.15) is 64.0 Å². The minimum atomic E-state index is 0.244. The molecule has 21 heavy (non-hydrogen) atoms. The predicted octanol–water partition coefficient (Wildman–Crippen LogP) is 4.95. The van der Waals surface area contributed by atoms with Gasteiger partial charge in [0.15, 0.2) is 0 Å². The number of phenols is 1. The first kappa shape index (κ1) is 12.6. The molecule has 1 spiro atoms. The molecule has 1 aromatic rings. The SMILES string of the molecule is Cc1ccc(O)c(C23CC4(C)CC5(C)CC(C)(C2)C45C3)c1. The van der Waals surface area contributed by atoms with Crippen LogP contribution in [-0.4, -0.2) is 5.11 Å². The highest BCUT2D eigenvalue weighted by atomic mass is 16.3. The fraction of sp³-hybridized carbons (Fsp3) is 0.700. The molecule has 0 heterocycles. The van der Waals surface area contributed by atoms with Crippen LogP contribution in [0.4, 0.5) is 0 Å². The number of rotatable bonds is 1. The second kappa shape index (κ2) is 2.92. The monoisotopic (exact) mass is 282 g/mol. The fourth-order valence-electron chi connectivity index (χ4n) is 8.98. The van der Waals surface area contributed by atoms with Crippen LogP contribution in [0.2, 0.25) is 0 Å². The normalized spacial score (nSPS) is 55.8. The summed E-state index contributed by atoms with van der Waals surface area (Å²) < 4.78 is 0. The molecule has 4 aliphatic carbocycles. The summed E-state index contributed by atoms with van der Waals surface area (Å²) in [4.78, 5) is 0. The van der Waals surface area contributed by atoms with Gasteiger partial charge in [-0.05, 0) is 66.8 Å². The van der Waals surface area contributed by atoms with Gasteiger partial charge in [0.05, 0.1) is 0 Å². The summed E-state index contributed by atoms with van der Waals surface area (Å²) in [6.45, 7) is 9.77. The van der Waals surface area contributed by atoms with E-state index in [1.165, 1.54) is 43.2 Å². The molecule has 1 aromatic carbocycles. The van der Waals surface area contributed by atoms with Crippen LogP contribution in [0, 0.1) is 28.6 Å². The topological polar surface area (TPSA) is 20.2 Å². The van der Waals surface area contributed by atoms with Crippen molar-refractivity contribution < 1.29 is 5.11 Å². The number of phenolic OH excluding ortho intramolecular Hbond substituents is 1. The van der Waals surface area contributed by atoms with Crippen LogP contribution in [-0.2, 0) is 5.41 Å². The van der Waals surface area contributed by atoms with E-state index in [1.54, 1.807) is 0 Å². The van der Waals surface area contributed by atoms with Crippen LogP contribution < -0.4 is 0 Å². The Bertz CT molecular complexity index is 665. The van der Waals surface area contributed by atoms with Gasteiger partial charge < -0.3 is 5.11 Å². The van der Waals surface area contributed by atoms with Gasteiger partial charge in [0.2, 0.25) is 0 Å². The Balaban J connectivity index is 1.72. The summed E-state index contributed by atoms with van der Waals surface area (Å²) in [6, 6.07) is 6.22. The highest BCUT2D eigenvalue weighted by molar-refractivity contribution is 5.51. The van der Waals surface area contributed by atoms with E-state index in [4.69, 9.17) is 0 Å². The molecule has 1 N–H and O–H groups in total. The molecule has 0 amide bonds. The van der Waals surface area contributed by atoms with Crippen molar-refractivity contribution in [1.29, 1.82) is 0 Å². The number of hydrogen-bond acceptors (Lipinski definition) is 1. The Hall–Kier alpha value is -0.980. The molecule has 0 aliphatic heterocycles. The molecule has 0 aromatic heterocycles. The average Bonchev–Trinajstić information content (AvgIpc) is 2.75. The lowest BCUT2D eigenvalue weighted by Crippen LogP contribution is -2.76. The maximum absolute atomic E-state index is 10.5. The average molecular weight is 282 g/mol. The molecule has 2 unspecified atom stereocenters. The van der Waals surface area contributed by atoms with Crippen molar-refractivity contribution in [1.82, 2.24) is 0 Å². The molecule has 5 rings (SSSR count). The first-order valence-electron chi connectivity index (χ1n) is 8.50. The minimum absolute atomic E-state index is 0.244. The van der Waals surface area contributed by atoms with Gasteiger partial charge in [-0.25, -0.2) is 0 Å². The largest absolute Gasteiger partial charge is 0.508 e. The Kier molecular flexibility index (Phi) is 1.74. The van der Waals surface area contributed by atoms with Gasteiger partial charge in [0.1, 0.15) is 5.75 Å². The van der Waals surface area contributed by atoms with E-state index >= 15 is 0 Å². The first-order chi connectivity index (χ1) is 9.70. The zero-order chi connectivity index (χ0) is 14.9. The first-order valence-corrected chi connectivity index (χ1v) is 8.50. The fourth-order valence-corrected chi connectivity index (χ4v) is 8.98. The molecular weight excluding hydrogens is 256 g/mol. The van der Waals surface area contributed by atoms with Crippen molar-refractivity contribution in [3.8, 4) is 5.75 Å². The Morgan fingerprint density at radius 2 is 1.43 bits per heavy atom. The van der Waals surface area contributed by atoms with E-state index < -0.39 is 0 Å². The highest BCUT2D eigenvalue weighted by Crippen LogP contribution is 2.97. The second-order valence-electron chi connectivity index (χ2n) is 9.77. The lowest BCUT2D eigenvalue weighted by molar-refractivity contribution is -0.345. The summed E-state index contributed by atoms with van der Waals surface area (Å²) in [5.74, 6) is 0.536. The van der Waals surface area contributed by atoms with Gasteiger partial charge in [-0.1, -0.05) is 38.5 Å². The van der Waals surface area contributed by atoms with E-state index in [2.05, 4.69) is 33.8 Å². The smallest absolute Gasteiger partial charge is 0.119 e. The zero-order valence-corrected chi connectivity index (χ0v) is 13.7. The van der Waals surface area contributed by atoms with E-state index in [0.717, 1.165) is 0 Å². The molecule has 1 nitrogen and oxygen atoms in total. The van der Waals surface area contributed by atoms with Crippen LogP contribution in [0.15, 0.2) is 18.2 Å². The number of hydrogen-bond donors (Lipinski definition) is 1. The molecule has 4 aliphatic rings. The Labute approximate surface area is 127 Å². The van der Waals surface area contributed by atoms with Crippen LogP contribution in [0.5, 0.6) is 5.75 Å². The van der Waals surface area contributed by atoms with Crippen LogP contribution in [0.25, 0.3) is 0 Å². The molecule has 0 saturated heterocycles. The zero-order valence-electron chi connectivity index (χ0n) is 13.7. The van der Waals surface area contributed by atoms with Crippen molar-refractivity contribution in [3.05, 3.63) is 29.3 Å². The summed E-state index contributed by atoms with van der Waals surface area (Å²) in [5.41, 5.74) is 4.97. The maximum Gasteiger partial charge on any atom is 0.119 e. The van der Waals surface area contributed by atoms with E-state index in [-0.39, 0.29) is 5.41 Å². The lowest BCUT2D eigenvalue weighted by Gasteiger charge is -2.83. The Morgan fingerprint density at radius 1 is 0.857 bits per heavy atom. The van der Waals surface area contributed by atoms with Crippen molar-refractivity contribution in [3.63, 3.8) is 0 Å². The molecule has 4 saturated carbocycles. The third-order valence-electron chi connectivity index (χ3n) is 8.44. The third-order valence-corrected chi connectivity index (χ3v) is 8.44. The van der Waals surface area contributed by atoms with Crippen molar-refractivity contribution in [2.75, 3.05) is 0 Å². The van der Waals surface area contributed by atoms with E-state index in [1.807, 2.05) is 12.1 Å². The van der Waals surface area contributed by atoms with Crippen molar-refractivity contribution >= 4 is 0 Å². The van der Waals surface area contributed by atoms with Crippen LogP contribution >= 0.6 is 0 Å². The van der Waals surface area contributed by atoms with E-state index in [0.29, 0.717) is 27.4 Å². The Morgan fingerprint density at radius 3 is 1.95 bits per heavy atom. The van der Waals surface area contributed by atoms with Crippen LogP contribution in [0.3, 0.4) is 0 Å². The quantitative estimate of drug-likeness (QED) is 0.772. The number of benzene rings is 1. The lowest BCUT2D eigenvalue weighted by atomic mass is 9.21. The molecule has 112 valence electrons. The van der Waals surface area contributed by atoms with Gasteiger partial charge in [-0.15, -0.1) is 0 Å². The summed E-state index contributed by atoms with van der Waals surface area (Å²) >= 11 is 0. The summed E-state index contributed by atoms with van der Waals surface area (Å²) in [5, 5.41) is 10.5. The molecule has 0 radical (unpaired) electrons. The second-order valence-corrected chi connectivity index (χ2v) is 9.77. The van der Waals surface area contributed by atoms with Gasteiger partial charge in [0.25, 0.3) is 0 Å². The van der Waals surface area contributed by atoms with Gasteiger partial charge in [-0.2, -0.15) is 0 Å². The molecule has 1 heteroatoms. The number of aryl methyl sites for hydroxylation is 1. The standard InChI is InChI=1S/C20H26O/c1-13-5-6-15(21)14(7-13)19-10-17(3)8-16(2)9-18(4,11-19)20(16,17)12-19/h5-7,21H,8-12H2,1-4H3. The predicted molar refractivity (Wildman–Crippen MR) is 84.4 cm³/mol. The van der Waals surface area contributed by atoms with Gasteiger partial charge in [-0.3, -0.25) is 0 Å². The van der Waals surface area contributed by atoms with Crippen molar-refractivity contribution in [2.45, 2.75) is 65.2 Å². The summed E-state index contributed by atoms with van der Waals surface area (Å²) in [6.07, 6.45) is 6.72. The minimum Gasteiger partial charge on any atom is -0.508 e. The molecular formula is C20H26O. The maximum atomic E-state index is 10.5. The molecule has 2 atom stereocenters. The molecule has 4 fully saturated rings. The number of fused-ring (bicyclic) bond motifs is 1. The summed E-state index contributed by atoms with van der Waals surface area (Å²) in [7, 11) is 0. The van der Waals surface area contributed by atoms with Gasteiger partial charge >= 0.3 is 0 Å². The third kappa shape index (κ3) is 0.979. The molecule has 2 bridgehead atoms.